The van der Waals surface area contributed by atoms with E-state index in [0.717, 1.165) is 24.2 Å². The van der Waals surface area contributed by atoms with Crippen molar-refractivity contribution in [2.75, 3.05) is 18.0 Å². The van der Waals surface area contributed by atoms with Crippen LogP contribution in [0.5, 0.6) is 0 Å². The van der Waals surface area contributed by atoms with E-state index in [1.54, 1.807) is 17.8 Å². The van der Waals surface area contributed by atoms with Gasteiger partial charge in [-0.1, -0.05) is 30.3 Å². The molecule has 1 fully saturated rings. The molecule has 0 bridgehead atoms. The lowest BCUT2D eigenvalue weighted by Gasteiger charge is -2.17. The Hall–Kier alpha value is -3.59. The minimum atomic E-state index is -0.404. The summed E-state index contributed by atoms with van der Waals surface area (Å²) in [7, 11) is 0. The zero-order valence-electron chi connectivity index (χ0n) is 15.9. The second kappa shape index (κ2) is 7.68. The molecule has 5 rings (SSSR count). The van der Waals surface area contributed by atoms with E-state index in [0.29, 0.717) is 17.5 Å². The van der Waals surface area contributed by atoms with Gasteiger partial charge in [0.1, 0.15) is 5.56 Å². The highest BCUT2D eigenvalue weighted by atomic mass is 32.1. The molecule has 0 spiro atoms. The van der Waals surface area contributed by atoms with Crippen LogP contribution < -0.4 is 15.8 Å². The van der Waals surface area contributed by atoms with Crippen molar-refractivity contribution >= 4 is 28.2 Å². The Morgan fingerprint density at radius 3 is 2.90 bits per heavy atom. The second-order valence-corrected chi connectivity index (χ2v) is 7.92. The van der Waals surface area contributed by atoms with E-state index in [-0.39, 0.29) is 17.2 Å². The van der Waals surface area contributed by atoms with Crippen LogP contribution in [0.2, 0.25) is 0 Å². The number of hydrogen-bond acceptors (Lipinski definition) is 7. The third kappa shape index (κ3) is 3.43. The summed E-state index contributed by atoms with van der Waals surface area (Å²) in [6, 6.07) is 11.7. The van der Waals surface area contributed by atoms with Crippen molar-refractivity contribution in [3.05, 3.63) is 76.3 Å². The largest absolute Gasteiger partial charge is 0.347 e. The fourth-order valence-corrected chi connectivity index (χ4v) is 4.25. The van der Waals surface area contributed by atoms with Gasteiger partial charge >= 0.3 is 0 Å². The van der Waals surface area contributed by atoms with Crippen molar-refractivity contribution in [1.82, 2.24) is 24.7 Å². The Labute approximate surface area is 175 Å². The second-order valence-electron chi connectivity index (χ2n) is 7.05. The number of amides is 1. The fraction of sp³-hybridized carbons (Fsp3) is 0.190. The molecule has 0 radical (unpaired) electrons. The maximum atomic E-state index is 12.7. The molecule has 1 atom stereocenters. The molecular formula is C21H18N6O2S. The van der Waals surface area contributed by atoms with Crippen molar-refractivity contribution in [3.8, 4) is 11.3 Å². The van der Waals surface area contributed by atoms with E-state index in [1.165, 1.54) is 21.9 Å². The van der Waals surface area contributed by atoms with Gasteiger partial charge < -0.3 is 10.2 Å². The van der Waals surface area contributed by atoms with Crippen molar-refractivity contribution < 1.29 is 4.79 Å². The van der Waals surface area contributed by atoms with Gasteiger partial charge in [0.05, 0.1) is 5.69 Å². The Morgan fingerprint density at radius 1 is 1.17 bits per heavy atom. The minimum absolute atomic E-state index is 0.0478. The standard InChI is InChI=1S/C21H18N6O2S/c28-18(16-12-23-21-27(19(16)29)10-11-30-21)24-15-7-9-26(13-15)20-22-8-6-17(25-20)14-4-2-1-3-5-14/h1-6,8,10-12,15H,7,9,13H2,(H,24,28). The predicted octanol–water partition coefficient (Wildman–Crippen LogP) is 2.22. The summed E-state index contributed by atoms with van der Waals surface area (Å²) in [4.78, 5) is 41.0. The van der Waals surface area contributed by atoms with Crippen molar-refractivity contribution in [3.63, 3.8) is 0 Å². The zero-order chi connectivity index (χ0) is 20.5. The molecule has 0 saturated carbocycles. The fourth-order valence-electron chi connectivity index (χ4n) is 3.57. The number of nitrogens with zero attached hydrogens (tertiary/aromatic N) is 5. The number of carbonyl (C=O) groups excluding carboxylic acids is 1. The van der Waals surface area contributed by atoms with Gasteiger partial charge in [0.15, 0.2) is 4.96 Å². The molecule has 1 N–H and O–H groups in total. The summed E-state index contributed by atoms with van der Waals surface area (Å²) in [6.45, 7) is 1.31. The number of fused-ring (bicyclic) bond motifs is 1. The highest BCUT2D eigenvalue weighted by molar-refractivity contribution is 7.15. The van der Waals surface area contributed by atoms with Crippen LogP contribution in [-0.2, 0) is 0 Å². The quantitative estimate of drug-likeness (QED) is 0.546. The Balaban J connectivity index is 1.30. The van der Waals surface area contributed by atoms with E-state index < -0.39 is 5.91 Å². The van der Waals surface area contributed by atoms with Gasteiger partial charge in [-0.3, -0.25) is 14.0 Å². The Bertz CT molecular complexity index is 1270. The van der Waals surface area contributed by atoms with Crippen molar-refractivity contribution in [2.24, 2.45) is 0 Å². The number of hydrogen-bond donors (Lipinski definition) is 1. The molecule has 1 aromatic carbocycles. The zero-order valence-corrected chi connectivity index (χ0v) is 16.7. The van der Waals surface area contributed by atoms with Crippen molar-refractivity contribution in [1.29, 1.82) is 0 Å². The molecule has 30 heavy (non-hydrogen) atoms. The van der Waals surface area contributed by atoms with E-state index >= 15 is 0 Å². The highest BCUT2D eigenvalue weighted by Gasteiger charge is 2.27. The number of aromatic nitrogens is 4. The van der Waals surface area contributed by atoms with Gasteiger partial charge in [-0.2, -0.15) is 0 Å². The van der Waals surface area contributed by atoms with Crippen LogP contribution in [0.3, 0.4) is 0 Å². The van der Waals surface area contributed by atoms with Crippen LogP contribution in [-0.4, -0.2) is 44.4 Å². The van der Waals surface area contributed by atoms with E-state index in [9.17, 15) is 9.59 Å². The molecular weight excluding hydrogens is 400 g/mol. The number of carbonyl (C=O) groups is 1. The van der Waals surface area contributed by atoms with Crippen LogP contribution in [0.25, 0.3) is 16.2 Å². The van der Waals surface area contributed by atoms with Gasteiger partial charge in [-0.15, -0.1) is 11.3 Å². The van der Waals surface area contributed by atoms with Crippen LogP contribution in [0.15, 0.2) is 65.2 Å². The molecule has 9 heteroatoms. The first-order valence-electron chi connectivity index (χ1n) is 9.58. The minimum Gasteiger partial charge on any atom is -0.347 e. The summed E-state index contributed by atoms with van der Waals surface area (Å²) in [6.07, 6.45) is 5.47. The number of benzene rings is 1. The van der Waals surface area contributed by atoms with Gasteiger partial charge in [0, 0.05) is 48.7 Å². The molecule has 1 aliphatic rings. The van der Waals surface area contributed by atoms with Crippen LogP contribution in [0.1, 0.15) is 16.8 Å². The predicted molar refractivity (Wildman–Crippen MR) is 115 cm³/mol. The average molecular weight is 418 g/mol. The molecule has 8 nitrogen and oxygen atoms in total. The van der Waals surface area contributed by atoms with Gasteiger partial charge in [0.25, 0.3) is 11.5 Å². The topological polar surface area (TPSA) is 92.5 Å². The van der Waals surface area contributed by atoms with Gasteiger partial charge in [0.2, 0.25) is 5.95 Å². The normalized spacial score (nSPS) is 16.1. The molecule has 4 heterocycles. The SMILES string of the molecule is O=C(NC1CCN(c2nccc(-c3ccccc3)n2)C1)c1cnc2sccn2c1=O. The number of anilines is 1. The lowest BCUT2D eigenvalue weighted by atomic mass is 10.1. The van der Waals surface area contributed by atoms with E-state index in [1.807, 2.05) is 41.3 Å². The number of thiazole rings is 1. The summed E-state index contributed by atoms with van der Waals surface area (Å²) >= 11 is 1.35. The van der Waals surface area contributed by atoms with E-state index in [4.69, 9.17) is 0 Å². The monoisotopic (exact) mass is 418 g/mol. The summed E-state index contributed by atoms with van der Waals surface area (Å²) in [5.74, 6) is 0.230. The van der Waals surface area contributed by atoms with Crippen LogP contribution in [0, 0.1) is 0 Å². The van der Waals surface area contributed by atoms with E-state index in [2.05, 4.69) is 20.3 Å². The summed E-state index contributed by atoms with van der Waals surface area (Å²) in [5.41, 5.74) is 1.58. The third-order valence-corrected chi connectivity index (χ3v) is 5.88. The molecule has 0 aliphatic carbocycles. The first-order valence-corrected chi connectivity index (χ1v) is 10.5. The number of rotatable bonds is 4. The molecule has 1 amide bonds. The molecule has 1 saturated heterocycles. The Morgan fingerprint density at radius 2 is 2.03 bits per heavy atom. The molecule has 1 unspecified atom stereocenters. The average Bonchev–Trinajstić information content (AvgIpc) is 3.45. The lowest BCUT2D eigenvalue weighted by molar-refractivity contribution is 0.0938. The molecule has 4 aromatic rings. The lowest BCUT2D eigenvalue weighted by Crippen LogP contribution is -2.40. The molecule has 150 valence electrons. The molecule has 3 aromatic heterocycles. The number of nitrogens with one attached hydrogen (secondary N) is 1. The van der Waals surface area contributed by atoms with Gasteiger partial charge in [-0.25, -0.2) is 15.0 Å². The first-order chi connectivity index (χ1) is 14.7. The van der Waals surface area contributed by atoms with Crippen molar-refractivity contribution in [2.45, 2.75) is 12.5 Å². The summed E-state index contributed by atoms with van der Waals surface area (Å²) in [5, 5.41) is 4.72. The smallest absolute Gasteiger partial charge is 0.271 e. The first kappa shape index (κ1) is 18.4. The maximum Gasteiger partial charge on any atom is 0.271 e. The maximum absolute atomic E-state index is 12.7. The van der Waals surface area contributed by atoms with Crippen LogP contribution >= 0.6 is 11.3 Å². The molecule has 1 aliphatic heterocycles. The third-order valence-electron chi connectivity index (χ3n) is 5.11. The van der Waals surface area contributed by atoms with Crippen LogP contribution in [0.4, 0.5) is 5.95 Å². The van der Waals surface area contributed by atoms with Gasteiger partial charge in [-0.05, 0) is 12.5 Å². The highest BCUT2D eigenvalue weighted by Crippen LogP contribution is 2.21. The Kier molecular flexibility index (Phi) is 4.72. The summed E-state index contributed by atoms with van der Waals surface area (Å²) < 4.78 is 1.39.